The summed E-state index contributed by atoms with van der Waals surface area (Å²) in [5.41, 5.74) is 0. The minimum atomic E-state index is -0.330. The molecule has 3 nitrogen and oxygen atoms in total. The lowest BCUT2D eigenvalue weighted by Gasteiger charge is -1.84. The quantitative estimate of drug-likeness (QED) is 0.305. The predicted molar refractivity (Wildman–Crippen MR) is 20.6 cm³/mol. The van der Waals surface area contributed by atoms with Crippen LogP contribution in [0.4, 0.5) is 0 Å². The van der Waals surface area contributed by atoms with Gasteiger partial charge in [0.15, 0.2) is 6.79 Å². The Hall–Kier alpha value is 0.0200. The SMILES string of the molecule is COCOP=O. The van der Waals surface area contributed by atoms with E-state index in [0.29, 0.717) is 0 Å². The van der Waals surface area contributed by atoms with Gasteiger partial charge < -0.3 is 4.74 Å². The molecule has 0 aromatic heterocycles. The lowest BCUT2D eigenvalue weighted by atomic mass is 11.4. The monoisotopic (exact) mass is 108 g/mol. The summed E-state index contributed by atoms with van der Waals surface area (Å²) in [4.78, 5) is 0. The summed E-state index contributed by atoms with van der Waals surface area (Å²) in [5.74, 6) is 0. The molecule has 0 unspecified atom stereocenters. The lowest BCUT2D eigenvalue weighted by Crippen LogP contribution is -1.83. The van der Waals surface area contributed by atoms with Crippen LogP contribution in [0.1, 0.15) is 0 Å². The van der Waals surface area contributed by atoms with E-state index in [4.69, 9.17) is 0 Å². The smallest absolute Gasteiger partial charge is 0.329 e. The molecule has 6 heavy (non-hydrogen) atoms. The molecule has 0 N–H and O–H groups in total. The maximum atomic E-state index is 9.36. The summed E-state index contributed by atoms with van der Waals surface area (Å²) in [6.07, 6.45) is 0. The van der Waals surface area contributed by atoms with Crippen molar-refractivity contribution in [2.75, 3.05) is 13.9 Å². The van der Waals surface area contributed by atoms with Gasteiger partial charge in [-0.25, -0.2) is 4.57 Å². The first-order valence-corrected chi connectivity index (χ1v) is 2.08. The minimum Gasteiger partial charge on any atom is -0.358 e. The second-order valence-electron chi connectivity index (χ2n) is 0.610. The summed E-state index contributed by atoms with van der Waals surface area (Å²) in [6.45, 7) is 0.0883. The largest absolute Gasteiger partial charge is 0.358 e. The van der Waals surface area contributed by atoms with Gasteiger partial charge in [-0.3, -0.25) is 4.52 Å². The van der Waals surface area contributed by atoms with E-state index >= 15 is 0 Å². The molecule has 0 aliphatic rings. The summed E-state index contributed by atoms with van der Waals surface area (Å²) >= 11 is 0. The Bertz CT molecular complexity index is 37.8. The molecule has 0 heterocycles. The third-order valence-corrected chi connectivity index (χ3v) is 0.434. The van der Waals surface area contributed by atoms with Gasteiger partial charge in [0.05, 0.1) is 0 Å². The molecule has 0 fully saturated rings. The topological polar surface area (TPSA) is 35.5 Å². The molecule has 0 radical (unpaired) electrons. The average molecular weight is 108 g/mol. The highest BCUT2D eigenvalue weighted by atomic mass is 31.1. The molecule has 0 spiro atoms. The average Bonchev–Trinajstić information content (AvgIpc) is 1.61. The van der Waals surface area contributed by atoms with E-state index in [9.17, 15) is 4.57 Å². The van der Waals surface area contributed by atoms with Crippen LogP contribution in [0.15, 0.2) is 0 Å². The molecule has 4 heteroatoms. The lowest BCUT2D eigenvalue weighted by molar-refractivity contribution is 0.0608. The number of hydrogen-bond donors (Lipinski definition) is 0. The zero-order chi connectivity index (χ0) is 4.83. The van der Waals surface area contributed by atoms with E-state index in [2.05, 4.69) is 9.26 Å². The molecular formula is C2H5O3P. The van der Waals surface area contributed by atoms with Crippen molar-refractivity contribution >= 4 is 8.69 Å². The molecule has 0 aliphatic heterocycles. The van der Waals surface area contributed by atoms with E-state index in [1.807, 2.05) is 0 Å². The summed E-state index contributed by atoms with van der Waals surface area (Å²) in [7, 11) is 1.13. The first-order chi connectivity index (χ1) is 2.91. The van der Waals surface area contributed by atoms with Gasteiger partial charge >= 0.3 is 8.69 Å². The van der Waals surface area contributed by atoms with Crippen molar-refractivity contribution in [3.8, 4) is 0 Å². The Balaban J connectivity index is 2.49. The van der Waals surface area contributed by atoms with Crippen LogP contribution < -0.4 is 0 Å². The highest BCUT2D eigenvalue weighted by molar-refractivity contribution is 7.17. The zero-order valence-corrected chi connectivity index (χ0v) is 4.27. The summed E-state index contributed by atoms with van der Waals surface area (Å²) in [5, 5.41) is 0. The maximum absolute atomic E-state index is 9.36. The Morgan fingerprint density at radius 2 is 2.50 bits per heavy atom. The molecule has 0 bridgehead atoms. The number of ether oxygens (including phenoxy) is 1. The van der Waals surface area contributed by atoms with Gasteiger partial charge in [0.25, 0.3) is 0 Å². The Kier molecular flexibility index (Phi) is 5.04. The first-order valence-electron chi connectivity index (χ1n) is 1.35. The molecule has 0 saturated heterocycles. The first kappa shape index (κ1) is 6.02. The van der Waals surface area contributed by atoms with E-state index in [1.54, 1.807) is 0 Å². The molecule has 0 aromatic carbocycles. The van der Waals surface area contributed by atoms with Crippen molar-refractivity contribution in [2.24, 2.45) is 0 Å². The Labute approximate surface area is 37.5 Å². The fourth-order valence-corrected chi connectivity index (χ4v) is 0.223. The van der Waals surface area contributed by atoms with Crippen LogP contribution in [0.25, 0.3) is 0 Å². The van der Waals surface area contributed by atoms with Crippen LogP contribution >= 0.6 is 8.69 Å². The summed E-state index contributed by atoms with van der Waals surface area (Å²) in [6, 6.07) is 0. The minimum absolute atomic E-state index is 0.0883. The van der Waals surface area contributed by atoms with Crippen LogP contribution in [-0.2, 0) is 13.8 Å². The highest BCUT2D eigenvalue weighted by Gasteiger charge is 1.73. The van der Waals surface area contributed by atoms with Gasteiger partial charge in [0.1, 0.15) is 0 Å². The molecular weight excluding hydrogens is 103 g/mol. The third kappa shape index (κ3) is 4.02. The second kappa shape index (κ2) is 5.02. The van der Waals surface area contributed by atoms with Gasteiger partial charge in [-0.05, 0) is 0 Å². The van der Waals surface area contributed by atoms with Crippen LogP contribution in [0.2, 0.25) is 0 Å². The van der Waals surface area contributed by atoms with E-state index in [1.165, 1.54) is 7.11 Å². The predicted octanol–water partition coefficient (Wildman–Crippen LogP) is 0.814. The molecule has 0 amide bonds. The fraction of sp³-hybridized carbons (Fsp3) is 1.00. The molecule has 0 aromatic rings. The standard InChI is InChI=1S/C2H5O3P/c1-4-2-5-6-3/h2H2,1H3. The van der Waals surface area contributed by atoms with Crippen molar-refractivity contribution in [3.05, 3.63) is 0 Å². The molecule has 0 aliphatic carbocycles. The van der Waals surface area contributed by atoms with Gasteiger partial charge in [-0.15, -0.1) is 0 Å². The van der Waals surface area contributed by atoms with Crippen LogP contribution in [0.5, 0.6) is 0 Å². The fourth-order valence-electron chi connectivity index (χ4n) is 0.0742. The van der Waals surface area contributed by atoms with E-state index in [0.717, 1.165) is 0 Å². The van der Waals surface area contributed by atoms with Crippen LogP contribution in [0.3, 0.4) is 0 Å². The number of rotatable bonds is 3. The van der Waals surface area contributed by atoms with Crippen molar-refractivity contribution in [1.29, 1.82) is 0 Å². The second-order valence-corrected chi connectivity index (χ2v) is 1.02. The molecule has 0 atom stereocenters. The van der Waals surface area contributed by atoms with Gasteiger partial charge in [0.2, 0.25) is 0 Å². The highest BCUT2D eigenvalue weighted by Crippen LogP contribution is 1.90. The van der Waals surface area contributed by atoms with Crippen LogP contribution in [-0.4, -0.2) is 13.9 Å². The molecule has 0 saturated carbocycles. The summed E-state index contributed by atoms with van der Waals surface area (Å²) < 4.78 is 17.9. The van der Waals surface area contributed by atoms with E-state index in [-0.39, 0.29) is 15.5 Å². The zero-order valence-electron chi connectivity index (χ0n) is 3.38. The van der Waals surface area contributed by atoms with Crippen molar-refractivity contribution in [2.45, 2.75) is 0 Å². The van der Waals surface area contributed by atoms with E-state index < -0.39 is 0 Å². The number of methoxy groups -OCH3 is 1. The Morgan fingerprint density at radius 3 is 2.67 bits per heavy atom. The van der Waals surface area contributed by atoms with Gasteiger partial charge in [-0.1, -0.05) is 0 Å². The molecule has 0 rings (SSSR count). The van der Waals surface area contributed by atoms with Crippen molar-refractivity contribution in [3.63, 3.8) is 0 Å². The normalized spacial score (nSPS) is 9.50. The number of hydrogen-bond acceptors (Lipinski definition) is 3. The van der Waals surface area contributed by atoms with Crippen LogP contribution in [0, 0.1) is 0 Å². The van der Waals surface area contributed by atoms with Crippen molar-refractivity contribution < 1.29 is 13.8 Å². The maximum Gasteiger partial charge on any atom is 0.329 e. The van der Waals surface area contributed by atoms with Crippen molar-refractivity contribution in [1.82, 2.24) is 0 Å². The van der Waals surface area contributed by atoms with Gasteiger partial charge in [0, 0.05) is 7.11 Å². The molecule has 36 valence electrons. The third-order valence-electron chi connectivity index (χ3n) is 0.223. The Morgan fingerprint density at radius 1 is 1.83 bits per heavy atom. The van der Waals surface area contributed by atoms with Gasteiger partial charge in [-0.2, -0.15) is 0 Å².